The topological polar surface area (TPSA) is 50.8 Å². The molecule has 2 heterocycles. The maximum atomic E-state index is 13.1. The van der Waals surface area contributed by atoms with Crippen LogP contribution in [0.5, 0.6) is 11.5 Å². The number of para-hydroxylation sites is 1. The molecule has 0 radical (unpaired) electrons. The summed E-state index contributed by atoms with van der Waals surface area (Å²) < 4.78 is 10.9. The molecule has 2 aromatic rings. The molecule has 4 rings (SSSR count). The van der Waals surface area contributed by atoms with Crippen molar-refractivity contribution in [2.24, 2.45) is 0 Å². The van der Waals surface area contributed by atoms with E-state index in [0.717, 1.165) is 35.6 Å². The van der Waals surface area contributed by atoms with Crippen molar-refractivity contribution in [2.75, 3.05) is 18.2 Å². The van der Waals surface area contributed by atoms with Crippen LogP contribution in [0.15, 0.2) is 42.5 Å². The molecule has 2 aliphatic heterocycles. The first-order valence-corrected chi connectivity index (χ1v) is 9.51. The van der Waals surface area contributed by atoms with Gasteiger partial charge in [-0.2, -0.15) is 0 Å². The Kier molecular flexibility index (Phi) is 4.56. The van der Waals surface area contributed by atoms with Crippen molar-refractivity contribution in [2.45, 2.75) is 45.2 Å². The van der Waals surface area contributed by atoms with Gasteiger partial charge in [-0.15, -0.1) is 0 Å². The molecule has 1 atom stereocenters. The fourth-order valence-corrected chi connectivity index (χ4v) is 3.84. The Hall–Kier alpha value is -2.53. The van der Waals surface area contributed by atoms with Crippen molar-refractivity contribution in [3.63, 3.8) is 0 Å². The van der Waals surface area contributed by atoms with Crippen molar-refractivity contribution in [1.29, 1.82) is 0 Å². The quantitative estimate of drug-likeness (QED) is 0.898. The lowest BCUT2D eigenvalue weighted by molar-refractivity contribution is -0.118. The number of fused-ring (bicyclic) bond motifs is 2. The number of carbonyl (C=O) groups is 1. The number of hydrogen-bond acceptors (Lipinski definition) is 4. The summed E-state index contributed by atoms with van der Waals surface area (Å²) in [5.74, 6) is 1.63. The van der Waals surface area contributed by atoms with E-state index in [9.17, 15) is 4.79 Å². The first-order chi connectivity index (χ1) is 13.0. The van der Waals surface area contributed by atoms with E-state index in [1.165, 1.54) is 5.56 Å². The van der Waals surface area contributed by atoms with Crippen LogP contribution in [0.4, 0.5) is 5.69 Å². The van der Waals surface area contributed by atoms with Gasteiger partial charge in [0.25, 0.3) is 0 Å². The summed E-state index contributed by atoms with van der Waals surface area (Å²) in [6.07, 6.45) is 2.02. The highest BCUT2D eigenvalue weighted by Gasteiger charge is 2.30. The Morgan fingerprint density at radius 2 is 1.96 bits per heavy atom. The summed E-state index contributed by atoms with van der Waals surface area (Å²) >= 11 is 0. The van der Waals surface area contributed by atoms with E-state index in [-0.39, 0.29) is 30.8 Å². The van der Waals surface area contributed by atoms with Gasteiger partial charge in [0.1, 0.15) is 0 Å². The third kappa shape index (κ3) is 3.39. The van der Waals surface area contributed by atoms with Crippen LogP contribution in [0.1, 0.15) is 38.3 Å². The standard InChI is InChI=1S/C22H26N2O3/c1-15-8-9-16-6-4-5-7-18(16)24(15)21(25)13-23-22(2,3)17-10-11-19-20(12-17)27-14-26-19/h4-7,10-12,15,23H,8-9,13-14H2,1-3H3. The van der Waals surface area contributed by atoms with Crippen LogP contribution in [0, 0.1) is 0 Å². The molecule has 0 saturated heterocycles. The molecule has 0 saturated carbocycles. The van der Waals surface area contributed by atoms with Gasteiger partial charge in [-0.3, -0.25) is 10.1 Å². The van der Waals surface area contributed by atoms with Crippen LogP contribution in [0.25, 0.3) is 0 Å². The maximum absolute atomic E-state index is 13.1. The molecule has 1 amide bonds. The zero-order valence-corrected chi connectivity index (χ0v) is 16.1. The monoisotopic (exact) mass is 366 g/mol. The normalized spacial score (nSPS) is 18.3. The number of ether oxygens (including phenoxy) is 2. The van der Waals surface area contributed by atoms with Crippen LogP contribution in [-0.4, -0.2) is 25.3 Å². The summed E-state index contributed by atoms with van der Waals surface area (Å²) in [5.41, 5.74) is 2.99. The summed E-state index contributed by atoms with van der Waals surface area (Å²) in [7, 11) is 0. The number of anilines is 1. The number of benzene rings is 2. The molecule has 142 valence electrons. The molecule has 0 aromatic heterocycles. The highest BCUT2D eigenvalue weighted by molar-refractivity contribution is 5.96. The van der Waals surface area contributed by atoms with Gasteiger partial charge in [0.15, 0.2) is 11.5 Å². The number of aryl methyl sites for hydroxylation is 1. The Labute approximate surface area is 160 Å². The van der Waals surface area contributed by atoms with Crippen LogP contribution >= 0.6 is 0 Å². The molecule has 0 aliphatic carbocycles. The third-order valence-electron chi connectivity index (χ3n) is 5.57. The molecule has 5 heteroatoms. The van der Waals surface area contributed by atoms with E-state index in [1.54, 1.807) is 0 Å². The lowest BCUT2D eigenvalue weighted by Crippen LogP contribution is -2.49. The van der Waals surface area contributed by atoms with E-state index < -0.39 is 0 Å². The van der Waals surface area contributed by atoms with Gasteiger partial charge in [-0.25, -0.2) is 0 Å². The average molecular weight is 366 g/mol. The number of rotatable bonds is 4. The molecular formula is C22H26N2O3. The average Bonchev–Trinajstić information content (AvgIpc) is 3.14. The predicted molar refractivity (Wildman–Crippen MR) is 105 cm³/mol. The number of carbonyl (C=O) groups excluding carboxylic acids is 1. The fourth-order valence-electron chi connectivity index (χ4n) is 3.84. The number of amides is 1. The van der Waals surface area contributed by atoms with E-state index in [0.29, 0.717) is 0 Å². The molecule has 1 unspecified atom stereocenters. The summed E-state index contributed by atoms with van der Waals surface area (Å²) in [5, 5.41) is 3.43. The minimum absolute atomic E-state index is 0.100. The molecular weight excluding hydrogens is 340 g/mol. The zero-order chi connectivity index (χ0) is 19.0. The third-order valence-corrected chi connectivity index (χ3v) is 5.57. The van der Waals surface area contributed by atoms with Crippen LogP contribution in [0.2, 0.25) is 0 Å². The Balaban J connectivity index is 1.49. The number of hydrogen-bond donors (Lipinski definition) is 1. The Bertz CT molecular complexity index is 862. The summed E-state index contributed by atoms with van der Waals surface area (Å²) in [6.45, 7) is 6.81. The predicted octanol–water partition coefficient (Wildman–Crippen LogP) is 3.61. The van der Waals surface area contributed by atoms with Gasteiger partial charge >= 0.3 is 0 Å². The molecule has 5 nitrogen and oxygen atoms in total. The van der Waals surface area contributed by atoms with Gasteiger partial charge in [0.05, 0.1) is 6.54 Å². The van der Waals surface area contributed by atoms with Crippen LogP contribution in [0.3, 0.4) is 0 Å². The lowest BCUT2D eigenvalue weighted by Gasteiger charge is -2.36. The molecule has 2 aliphatic rings. The second-order valence-electron chi connectivity index (χ2n) is 7.83. The van der Waals surface area contributed by atoms with E-state index in [4.69, 9.17) is 9.47 Å². The van der Waals surface area contributed by atoms with Crippen LogP contribution in [-0.2, 0) is 16.8 Å². The van der Waals surface area contributed by atoms with Crippen molar-refractivity contribution >= 4 is 11.6 Å². The van der Waals surface area contributed by atoms with E-state index >= 15 is 0 Å². The van der Waals surface area contributed by atoms with E-state index in [1.807, 2.05) is 41.3 Å². The molecule has 1 N–H and O–H groups in total. The van der Waals surface area contributed by atoms with Gasteiger partial charge in [-0.1, -0.05) is 24.3 Å². The fraction of sp³-hybridized carbons (Fsp3) is 0.409. The van der Waals surface area contributed by atoms with Crippen molar-refractivity contribution in [3.05, 3.63) is 53.6 Å². The first kappa shape index (κ1) is 17.9. The summed E-state index contributed by atoms with van der Waals surface area (Å²) in [6, 6.07) is 14.3. The smallest absolute Gasteiger partial charge is 0.241 e. The minimum atomic E-state index is -0.366. The van der Waals surface area contributed by atoms with Crippen molar-refractivity contribution < 1.29 is 14.3 Å². The lowest BCUT2D eigenvalue weighted by atomic mass is 9.93. The minimum Gasteiger partial charge on any atom is -0.454 e. The molecule has 0 fully saturated rings. The van der Waals surface area contributed by atoms with Gasteiger partial charge in [0, 0.05) is 17.3 Å². The van der Waals surface area contributed by atoms with Gasteiger partial charge < -0.3 is 14.4 Å². The molecule has 0 bridgehead atoms. The highest BCUT2D eigenvalue weighted by atomic mass is 16.7. The van der Waals surface area contributed by atoms with Crippen molar-refractivity contribution in [3.8, 4) is 11.5 Å². The maximum Gasteiger partial charge on any atom is 0.241 e. The zero-order valence-electron chi connectivity index (χ0n) is 16.1. The Morgan fingerprint density at radius 3 is 2.81 bits per heavy atom. The van der Waals surface area contributed by atoms with Crippen molar-refractivity contribution in [1.82, 2.24) is 5.32 Å². The molecule has 27 heavy (non-hydrogen) atoms. The first-order valence-electron chi connectivity index (χ1n) is 9.51. The Morgan fingerprint density at radius 1 is 1.19 bits per heavy atom. The van der Waals surface area contributed by atoms with Gasteiger partial charge in [-0.05, 0) is 62.9 Å². The number of nitrogens with zero attached hydrogens (tertiary/aromatic N) is 1. The largest absolute Gasteiger partial charge is 0.454 e. The van der Waals surface area contributed by atoms with E-state index in [2.05, 4.69) is 32.2 Å². The summed E-state index contributed by atoms with van der Waals surface area (Å²) in [4.78, 5) is 15.0. The molecule has 2 aromatic carbocycles. The molecule has 0 spiro atoms. The highest BCUT2D eigenvalue weighted by Crippen LogP contribution is 2.36. The SMILES string of the molecule is CC1CCc2ccccc2N1C(=O)CNC(C)(C)c1ccc2c(c1)OCO2. The van der Waals surface area contributed by atoms with Crippen LogP contribution < -0.4 is 19.7 Å². The van der Waals surface area contributed by atoms with Gasteiger partial charge in [0.2, 0.25) is 12.7 Å². The second kappa shape index (κ2) is 6.89. The number of nitrogens with one attached hydrogen (secondary N) is 1. The second-order valence-corrected chi connectivity index (χ2v) is 7.83.